The summed E-state index contributed by atoms with van der Waals surface area (Å²) in [6.07, 6.45) is 0. The Morgan fingerprint density at radius 3 is 2.00 bits per heavy atom. The molecule has 3 rings (SSSR count). The predicted molar refractivity (Wildman–Crippen MR) is 99.1 cm³/mol. The number of hydrogen-bond donors (Lipinski definition) is 1. The monoisotopic (exact) mass is 377 g/mol. The number of anilines is 1. The lowest BCUT2D eigenvalue weighted by molar-refractivity contribution is 0.601. The highest BCUT2D eigenvalue weighted by atomic mass is 35.5. The van der Waals surface area contributed by atoms with Crippen LogP contribution >= 0.6 is 23.2 Å². The van der Waals surface area contributed by atoms with Gasteiger partial charge in [0.1, 0.15) is 0 Å². The van der Waals surface area contributed by atoms with Crippen LogP contribution in [0.1, 0.15) is 0 Å². The fraction of sp³-hybridized carbons (Fsp3) is 0. The van der Waals surface area contributed by atoms with Crippen molar-refractivity contribution in [2.75, 3.05) is 4.72 Å². The molecule has 3 aromatic carbocycles. The average Bonchev–Trinajstić information content (AvgIpc) is 2.55. The molecule has 0 aliphatic heterocycles. The van der Waals surface area contributed by atoms with Gasteiger partial charge in [0.2, 0.25) is 0 Å². The molecule has 3 nitrogen and oxygen atoms in total. The minimum Gasteiger partial charge on any atom is -0.279 e. The number of nitrogens with one attached hydrogen (secondary N) is 1. The van der Waals surface area contributed by atoms with Gasteiger partial charge in [-0.05, 0) is 42.0 Å². The van der Waals surface area contributed by atoms with Crippen molar-refractivity contribution in [3.05, 3.63) is 82.8 Å². The van der Waals surface area contributed by atoms with E-state index in [1.165, 1.54) is 0 Å². The Labute approximate surface area is 150 Å². The van der Waals surface area contributed by atoms with Crippen LogP contribution in [0.3, 0.4) is 0 Å². The average molecular weight is 378 g/mol. The molecule has 0 aliphatic carbocycles. The molecular formula is C18H13Cl2NO2S. The summed E-state index contributed by atoms with van der Waals surface area (Å²) < 4.78 is 27.7. The highest BCUT2D eigenvalue weighted by Gasteiger charge is 2.16. The maximum Gasteiger partial charge on any atom is 0.261 e. The minimum absolute atomic E-state index is 0.198. The van der Waals surface area contributed by atoms with Gasteiger partial charge in [-0.2, -0.15) is 0 Å². The first kappa shape index (κ1) is 16.8. The Morgan fingerprint density at radius 1 is 0.750 bits per heavy atom. The normalized spacial score (nSPS) is 11.2. The van der Waals surface area contributed by atoms with E-state index in [1.54, 1.807) is 60.7 Å². The van der Waals surface area contributed by atoms with E-state index in [0.717, 1.165) is 5.56 Å². The number of hydrogen-bond acceptors (Lipinski definition) is 2. The number of benzene rings is 3. The minimum atomic E-state index is -3.68. The Balaban J connectivity index is 2.04. The molecule has 0 atom stereocenters. The van der Waals surface area contributed by atoms with Crippen molar-refractivity contribution in [2.45, 2.75) is 4.90 Å². The van der Waals surface area contributed by atoms with Crippen LogP contribution in [0.4, 0.5) is 5.69 Å². The second-order valence-electron chi connectivity index (χ2n) is 5.12. The molecule has 122 valence electrons. The van der Waals surface area contributed by atoms with Gasteiger partial charge in [-0.15, -0.1) is 0 Å². The van der Waals surface area contributed by atoms with Gasteiger partial charge in [0.25, 0.3) is 10.0 Å². The van der Waals surface area contributed by atoms with E-state index in [2.05, 4.69) is 4.72 Å². The smallest absolute Gasteiger partial charge is 0.261 e. The first-order chi connectivity index (χ1) is 11.5. The third-order valence-corrected chi connectivity index (χ3v) is 5.22. The number of halogens is 2. The van der Waals surface area contributed by atoms with Gasteiger partial charge in [-0.25, -0.2) is 8.42 Å². The first-order valence-corrected chi connectivity index (χ1v) is 9.33. The van der Waals surface area contributed by atoms with Crippen LogP contribution < -0.4 is 4.72 Å². The van der Waals surface area contributed by atoms with E-state index in [1.807, 2.05) is 12.1 Å². The van der Waals surface area contributed by atoms with E-state index in [0.29, 0.717) is 21.3 Å². The molecule has 24 heavy (non-hydrogen) atoms. The van der Waals surface area contributed by atoms with Crippen LogP contribution in [0.25, 0.3) is 11.1 Å². The third-order valence-electron chi connectivity index (χ3n) is 3.40. The number of rotatable bonds is 4. The molecule has 6 heteroatoms. The maximum absolute atomic E-state index is 12.6. The molecule has 0 amide bonds. The van der Waals surface area contributed by atoms with Crippen molar-refractivity contribution in [1.82, 2.24) is 0 Å². The summed E-state index contributed by atoms with van der Waals surface area (Å²) >= 11 is 12.1. The molecule has 0 fully saturated rings. The largest absolute Gasteiger partial charge is 0.279 e. The zero-order valence-corrected chi connectivity index (χ0v) is 14.7. The molecule has 0 unspecified atom stereocenters. The zero-order valence-electron chi connectivity index (χ0n) is 12.4. The van der Waals surface area contributed by atoms with Gasteiger partial charge in [-0.3, -0.25) is 4.72 Å². The zero-order chi connectivity index (χ0) is 17.2. The maximum atomic E-state index is 12.6. The molecular weight excluding hydrogens is 365 g/mol. The summed E-state index contributed by atoms with van der Waals surface area (Å²) in [5, 5.41) is 0.969. The Morgan fingerprint density at radius 2 is 1.33 bits per heavy atom. The van der Waals surface area contributed by atoms with E-state index < -0.39 is 10.0 Å². The molecule has 0 aliphatic rings. The van der Waals surface area contributed by atoms with Gasteiger partial charge in [-0.1, -0.05) is 59.6 Å². The molecule has 0 spiro atoms. The molecule has 1 N–H and O–H groups in total. The molecule has 0 radical (unpaired) electrons. The fourth-order valence-corrected chi connectivity index (χ4v) is 3.96. The van der Waals surface area contributed by atoms with E-state index >= 15 is 0 Å². The van der Waals surface area contributed by atoms with Crippen molar-refractivity contribution < 1.29 is 8.42 Å². The van der Waals surface area contributed by atoms with Gasteiger partial charge in [0.15, 0.2) is 0 Å². The second-order valence-corrected chi connectivity index (χ2v) is 7.68. The summed E-state index contributed by atoms with van der Waals surface area (Å²) in [5.41, 5.74) is 1.89. The van der Waals surface area contributed by atoms with Crippen molar-refractivity contribution in [2.24, 2.45) is 0 Å². The third kappa shape index (κ3) is 3.73. The fourth-order valence-electron chi connectivity index (χ4n) is 2.34. The molecule has 0 heterocycles. The highest BCUT2D eigenvalue weighted by molar-refractivity contribution is 7.92. The summed E-state index contributed by atoms with van der Waals surface area (Å²) in [6.45, 7) is 0. The lowest BCUT2D eigenvalue weighted by atomic mass is 10.0. The van der Waals surface area contributed by atoms with E-state index in [9.17, 15) is 8.42 Å². The number of sulfonamides is 1. The van der Waals surface area contributed by atoms with Gasteiger partial charge in [0.05, 0.1) is 10.6 Å². The summed E-state index contributed by atoms with van der Waals surface area (Å²) in [4.78, 5) is 0.198. The molecule has 3 aromatic rings. The molecule has 0 saturated carbocycles. The topological polar surface area (TPSA) is 46.2 Å². The van der Waals surface area contributed by atoms with Crippen LogP contribution in [-0.2, 0) is 10.0 Å². The van der Waals surface area contributed by atoms with Crippen molar-refractivity contribution in [3.63, 3.8) is 0 Å². The van der Waals surface area contributed by atoms with Crippen LogP contribution in [-0.4, -0.2) is 8.42 Å². The van der Waals surface area contributed by atoms with Gasteiger partial charge in [0, 0.05) is 15.6 Å². The molecule has 0 aromatic heterocycles. The molecule has 0 saturated heterocycles. The lowest BCUT2D eigenvalue weighted by Crippen LogP contribution is -2.13. The quantitative estimate of drug-likeness (QED) is 0.655. The van der Waals surface area contributed by atoms with Crippen LogP contribution in [0, 0.1) is 0 Å². The van der Waals surface area contributed by atoms with Crippen molar-refractivity contribution >= 4 is 38.9 Å². The van der Waals surface area contributed by atoms with Crippen LogP contribution in [0.15, 0.2) is 77.7 Å². The standard InChI is InChI=1S/C18H13Cl2NO2S/c19-14-10-13(11-15(20)12-14)17-8-4-5-9-18(17)21-24(22,23)16-6-2-1-3-7-16/h1-12,21H. The Kier molecular flexibility index (Phi) is 4.81. The van der Waals surface area contributed by atoms with Crippen molar-refractivity contribution in [1.29, 1.82) is 0 Å². The lowest BCUT2D eigenvalue weighted by Gasteiger charge is -2.13. The van der Waals surface area contributed by atoms with Gasteiger partial charge >= 0.3 is 0 Å². The number of para-hydroxylation sites is 1. The van der Waals surface area contributed by atoms with E-state index in [-0.39, 0.29) is 4.90 Å². The highest BCUT2D eigenvalue weighted by Crippen LogP contribution is 2.33. The summed E-state index contributed by atoms with van der Waals surface area (Å²) in [6, 6.07) is 20.4. The summed E-state index contributed by atoms with van der Waals surface area (Å²) in [5.74, 6) is 0. The van der Waals surface area contributed by atoms with Crippen LogP contribution in [0.5, 0.6) is 0 Å². The van der Waals surface area contributed by atoms with E-state index in [4.69, 9.17) is 23.2 Å². The predicted octanol–water partition coefficient (Wildman–Crippen LogP) is 5.46. The van der Waals surface area contributed by atoms with Crippen LogP contribution in [0.2, 0.25) is 10.0 Å². The molecule has 0 bridgehead atoms. The van der Waals surface area contributed by atoms with Crippen molar-refractivity contribution in [3.8, 4) is 11.1 Å². The first-order valence-electron chi connectivity index (χ1n) is 7.09. The SMILES string of the molecule is O=S(=O)(Nc1ccccc1-c1cc(Cl)cc(Cl)c1)c1ccccc1. The summed E-state index contributed by atoms with van der Waals surface area (Å²) in [7, 11) is -3.68. The second kappa shape index (κ2) is 6.85. The van der Waals surface area contributed by atoms with Gasteiger partial charge < -0.3 is 0 Å². The Bertz CT molecular complexity index is 953. The Hall–Kier alpha value is -2.01.